The molecule has 15 aromatic carbocycles. The summed E-state index contributed by atoms with van der Waals surface area (Å²) in [5, 5.41) is 6.94. The minimum Gasteiger partial charge on any atom is -0.456 e. The van der Waals surface area contributed by atoms with Gasteiger partial charge in [0.15, 0.2) is 34.9 Å². The van der Waals surface area contributed by atoms with Crippen LogP contribution in [0.4, 0.5) is 0 Å². The molecule has 478 valence electrons. The third-order valence-corrected chi connectivity index (χ3v) is 22.2. The van der Waals surface area contributed by atoms with E-state index in [1.807, 2.05) is 18.2 Å². The van der Waals surface area contributed by atoms with Gasteiger partial charge in [-0.1, -0.05) is 291 Å². The van der Waals surface area contributed by atoms with Crippen molar-refractivity contribution in [2.45, 2.75) is 16.7 Å². The maximum atomic E-state index is 7.21. The third-order valence-electron chi connectivity index (χ3n) is 22.2. The Morgan fingerprint density at radius 1 is 0.262 bits per heavy atom. The van der Waals surface area contributed by atoms with Crippen molar-refractivity contribution in [3.8, 4) is 114 Å². The van der Waals surface area contributed by atoms with Crippen molar-refractivity contribution in [2.75, 3.05) is 0 Å². The van der Waals surface area contributed by atoms with Gasteiger partial charge < -0.3 is 9.47 Å². The molecule has 1 atom stereocenters. The second kappa shape index (κ2) is 22.0. The van der Waals surface area contributed by atoms with Gasteiger partial charge in [0.05, 0.1) is 22.0 Å². The maximum absolute atomic E-state index is 7.21. The average Bonchev–Trinajstić information content (AvgIpc) is 1.55. The largest absolute Gasteiger partial charge is 0.456 e. The van der Waals surface area contributed by atoms with Crippen LogP contribution in [0, 0.1) is 0 Å². The van der Waals surface area contributed by atoms with Gasteiger partial charge in [0, 0.05) is 50.4 Å². The van der Waals surface area contributed by atoms with E-state index in [1.165, 1.54) is 71.6 Å². The van der Waals surface area contributed by atoms with Crippen molar-refractivity contribution in [3.05, 3.63) is 389 Å². The van der Waals surface area contributed by atoms with Crippen LogP contribution < -0.4 is 9.47 Å². The van der Waals surface area contributed by atoms with Crippen molar-refractivity contribution < 1.29 is 9.47 Å². The molecule has 8 heteroatoms. The highest BCUT2D eigenvalue weighted by atomic mass is 16.5. The Labute approximate surface area is 593 Å². The molecular formula is C95H56N6O2. The lowest BCUT2D eigenvalue weighted by molar-refractivity contribution is 0.437. The first-order chi connectivity index (χ1) is 51.0. The first-order valence-corrected chi connectivity index (χ1v) is 35.1. The smallest absolute Gasteiger partial charge is 0.167 e. The Morgan fingerprint density at radius 3 is 1.25 bits per heavy atom. The number of nitrogens with zero attached hydrogens (tertiary/aromatic N) is 6. The first-order valence-electron chi connectivity index (χ1n) is 35.1. The third kappa shape index (κ3) is 8.28. The normalized spacial score (nSPS) is 14.6. The van der Waals surface area contributed by atoms with Crippen LogP contribution in [0.1, 0.15) is 67.1 Å². The zero-order chi connectivity index (χ0) is 67.5. The summed E-state index contributed by atoms with van der Waals surface area (Å²) in [5.74, 6) is 6.31. The van der Waals surface area contributed by atoms with Crippen LogP contribution in [-0.4, -0.2) is 29.9 Å². The fourth-order valence-electron chi connectivity index (χ4n) is 17.8. The number of ether oxygens (including phenoxy) is 2. The summed E-state index contributed by atoms with van der Waals surface area (Å²) in [6.45, 7) is 0. The van der Waals surface area contributed by atoms with Gasteiger partial charge in [-0.3, -0.25) is 0 Å². The van der Waals surface area contributed by atoms with Crippen LogP contribution in [0.3, 0.4) is 0 Å². The predicted molar refractivity (Wildman–Crippen MR) is 410 cm³/mol. The van der Waals surface area contributed by atoms with Gasteiger partial charge in [0.1, 0.15) is 23.0 Å². The minimum atomic E-state index is -0.662. The summed E-state index contributed by atoms with van der Waals surface area (Å²) in [6, 6.07) is 115. The Kier molecular flexibility index (Phi) is 12.2. The average molecular weight is 1310 g/mol. The van der Waals surface area contributed by atoms with Crippen molar-refractivity contribution >= 4 is 38.4 Å². The molecule has 0 radical (unpaired) electrons. The van der Waals surface area contributed by atoms with E-state index in [2.05, 4.69) is 315 Å². The highest BCUT2D eigenvalue weighted by molar-refractivity contribution is 6.08. The summed E-state index contributed by atoms with van der Waals surface area (Å²) >= 11 is 0. The van der Waals surface area contributed by atoms with E-state index in [-0.39, 0.29) is 5.92 Å². The molecule has 0 fully saturated rings. The summed E-state index contributed by atoms with van der Waals surface area (Å²) < 4.78 is 14.4. The number of fused-ring (bicyclic) bond motifs is 21. The zero-order valence-corrected chi connectivity index (χ0v) is 55.3. The molecule has 2 spiro atoms. The summed E-state index contributed by atoms with van der Waals surface area (Å²) in [6.07, 6.45) is 4.58. The van der Waals surface area contributed by atoms with E-state index in [1.54, 1.807) is 0 Å². The molecule has 8 nitrogen and oxygen atoms in total. The molecular weight excluding hydrogens is 1260 g/mol. The molecule has 2 aromatic heterocycles. The highest BCUT2D eigenvalue weighted by Crippen LogP contribution is 2.65. The molecule has 0 N–H and O–H groups in total. The number of aromatic nitrogens is 6. The quantitative estimate of drug-likeness (QED) is 0.146. The van der Waals surface area contributed by atoms with E-state index >= 15 is 0 Å². The minimum absolute atomic E-state index is 0.0479. The number of rotatable bonds is 7. The second-order valence-electron chi connectivity index (χ2n) is 27.4. The summed E-state index contributed by atoms with van der Waals surface area (Å²) in [7, 11) is 0. The molecule has 4 heterocycles. The SMILES string of the molecule is C1=CC(c2ccc(-c3nc(-c4ccc5c(ccc6ccccc65)c4)nc(-c4cccc5c4Oc4ccccc4C54c5ccccc5-c5ccccc54)n3)cc2)c2cccc3cc(-c4nc(-c5ccccc5)nc(-c5cccc6c5Oc5ccccc5C65c6ccccc6-c6ccccc65)n4)cc1c23. The van der Waals surface area contributed by atoms with Crippen LogP contribution in [-0.2, 0) is 10.8 Å². The van der Waals surface area contributed by atoms with Crippen molar-refractivity contribution in [1.82, 2.24) is 29.9 Å². The number of para-hydroxylation sites is 4. The van der Waals surface area contributed by atoms with E-state index in [4.69, 9.17) is 39.4 Å². The van der Waals surface area contributed by atoms with Crippen LogP contribution in [0.2, 0.25) is 0 Å². The lowest BCUT2D eigenvalue weighted by Gasteiger charge is -2.39. The van der Waals surface area contributed by atoms with E-state index in [9.17, 15) is 0 Å². The van der Waals surface area contributed by atoms with Gasteiger partial charge in [-0.15, -0.1) is 0 Å². The lowest BCUT2D eigenvalue weighted by Crippen LogP contribution is -2.32. The van der Waals surface area contributed by atoms with Gasteiger partial charge in [-0.05, 0) is 136 Å². The monoisotopic (exact) mass is 1310 g/mol. The van der Waals surface area contributed by atoms with Crippen molar-refractivity contribution in [3.63, 3.8) is 0 Å². The number of benzene rings is 15. The van der Waals surface area contributed by atoms with E-state index in [0.29, 0.717) is 34.9 Å². The van der Waals surface area contributed by atoms with Gasteiger partial charge in [-0.25, -0.2) is 29.9 Å². The number of allylic oxidation sites excluding steroid dienone is 1. The summed E-state index contributed by atoms with van der Waals surface area (Å²) in [5.41, 5.74) is 21.2. The fourth-order valence-corrected chi connectivity index (χ4v) is 17.8. The Balaban J connectivity index is 0.651. The molecule has 0 saturated heterocycles. The molecule has 0 bridgehead atoms. The standard InChI is InChI=1S/C95H56N6O2/c1-2-22-58(23-3-1)88-97-91(101-93(98-88)74-32-20-40-82-87(74)103-84-42-17-15-38-80(84)95(82)77-35-12-8-28-70(77)71-29-9-13-36-78(71)95)64-54-61-24-18-30-72-66(51-49-62(55-64)85(61)72)57-43-46-59(47-44-57)89-96-90(63-50-52-67-60(53-63)48-45-56-21-4-5-25-65(56)67)100-92(99-89)73-31-19-39-81-86(73)102-83-41-16-14-37-79(83)94(81)75-33-10-6-26-68(75)69-27-7-11-34-76(69)94/h1-55,66H. The molecule has 3 aliphatic carbocycles. The van der Waals surface area contributed by atoms with E-state index in [0.717, 1.165) is 101 Å². The molecule has 17 aromatic rings. The van der Waals surface area contributed by atoms with Crippen LogP contribution >= 0.6 is 0 Å². The lowest BCUT2D eigenvalue weighted by atomic mass is 9.66. The molecule has 5 aliphatic rings. The zero-order valence-electron chi connectivity index (χ0n) is 55.3. The Morgan fingerprint density at radius 2 is 0.670 bits per heavy atom. The second-order valence-corrected chi connectivity index (χ2v) is 27.4. The number of hydrogen-bond donors (Lipinski definition) is 0. The van der Waals surface area contributed by atoms with Crippen molar-refractivity contribution in [2.24, 2.45) is 0 Å². The number of hydrogen-bond acceptors (Lipinski definition) is 8. The summed E-state index contributed by atoms with van der Waals surface area (Å²) in [4.78, 5) is 32.4. The first kappa shape index (κ1) is 57.4. The van der Waals surface area contributed by atoms with Gasteiger partial charge in [-0.2, -0.15) is 0 Å². The Hall–Kier alpha value is -13.6. The van der Waals surface area contributed by atoms with Crippen molar-refractivity contribution in [1.29, 1.82) is 0 Å². The maximum Gasteiger partial charge on any atom is 0.167 e. The van der Waals surface area contributed by atoms with Crippen LogP contribution in [0.15, 0.2) is 328 Å². The van der Waals surface area contributed by atoms with Gasteiger partial charge >= 0.3 is 0 Å². The van der Waals surface area contributed by atoms with Gasteiger partial charge in [0.2, 0.25) is 0 Å². The molecule has 22 rings (SSSR count). The molecule has 103 heavy (non-hydrogen) atoms. The molecule has 2 aliphatic heterocycles. The van der Waals surface area contributed by atoms with Crippen LogP contribution in [0.5, 0.6) is 23.0 Å². The topological polar surface area (TPSA) is 95.8 Å². The highest BCUT2D eigenvalue weighted by Gasteiger charge is 2.53. The molecule has 0 saturated carbocycles. The predicted octanol–water partition coefficient (Wildman–Crippen LogP) is 22.6. The molecule has 1 unspecified atom stereocenters. The van der Waals surface area contributed by atoms with E-state index < -0.39 is 10.8 Å². The van der Waals surface area contributed by atoms with Gasteiger partial charge in [0.25, 0.3) is 0 Å². The molecule has 0 amide bonds. The van der Waals surface area contributed by atoms with Crippen LogP contribution in [0.25, 0.3) is 129 Å². The fraction of sp³-hybridized carbons (Fsp3) is 0.0316. The Bertz CT molecular complexity index is 6450.